The molecular weight excluding hydrogens is 344 g/mol. The number of likely N-dealkylation sites (N-methyl/N-ethyl adjacent to an activating group) is 1. The molecule has 2 rings (SSSR count). The summed E-state index contributed by atoms with van der Waals surface area (Å²) in [6.45, 7) is 0.720. The van der Waals surface area contributed by atoms with Crippen LogP contribution in [-0.4, -0.2) is 35.9 Å². The van der Waals surface area contributed by atoms with Crippen molar-refractivity contribution >= 4 is 29.3 Å². The Morgan fingerprint density at radius 2 is 2.04 bits per heavy atom. The van der Waals surface area contributed by atoms with E-state index >= 15 is 0 Å². The van der Waals surface area contributed by atoms with E-state index in [-0.39, 0.29) is 11.6 Å². The van der Waals surface area contributed by atoms with E-state index in [2.05, 4.69) is 0 Å². The highest BCUT2D eigenvalue weighted by Crippen LogP contribution is 2.17. The van der Waals surface area contributed by atoms with E-state index in [9.17, 15) is 14.9 Å². The highest BCUT2D eigenvalue weighted by atomic mass is 35.5. The minimum atomic E-state index is -0.474. The average Bonchev–Trinajstić information content (AvgIpc) is 2.60. The number of hydrogen-bond donors (Lipinski definition) is 0. The van der Waals surface area contributed by atoms with Crippen LogP contribution in [0.5, 0.6) is 5.75 Å². The Hall–Kier alpha value is -2.86. The Morgan fingerprint density at radius 1 is 1.28 bits per heavy atom. The number of nitro groups is 1. The molecule has 1 amide bonds. The molecule has 0 radical (unpaired) electrons. The van der Waals surface area contributed by atoms with Crippen molar-refractivity contribution in [2.75, 3.05) is 20.2 Å². The third-order valence-corrected chi connectivity index (χ3v) is 3.60. The van der Waals surface area contributed by atoms with Crippen LogP contribution < -0.4 is 4.74 Å². The number of ether oxygens (including phenoxy) is 1. The van der Waals surface area contributed by atoms with Gasteiger partial charge in [0, 0.05) is 30.3 Å². The van der Waals surface area contributed by atoms with Gasteiger partial charge in [-0.2, -0.15) is 0 Å². The number of nitro benzene ring substituents is 1. The molecule has 0 aromatic heterocycles. The quantitative estimate of drug-likeness (QED) is 0.427. The van der Waals surface area contributed by atoms with Crippen molar-refractivity contribution in [1.29, 1.82) is 0 Å². The van der Waals surface area contributed by atoms with Gasteiger partial charge in [-0.15, -0.1) is 0 Å². The van der Waals surface area contributed by atoms with Crippen LogP contribution in [0.1, 0.15) is 5.56 Å². The number of halogens is 1. The van der Waals surface area contributed by atoms with Gasteiger partial charge in [0.15, 0.2) is 0 Å². The second-order valence-electron chi connectivity index (χ2n) is 5.25. The van der Waals surface area contributed by atoms with Gasteiger partial charge >= 0.3 is 0 Å². The Morgan fingerprint density at radius 3 is 2.76 bits per heavy atom. The summed E-state index contributed by atoms with van der Waals surface area (Å²) in [4.78, 5) is 23.8. The molecule has 0 saturated carbocycles. The number of non-ortho nitro benzene ring substituents is 1. The number of carbonyl (C=O) groups excluding carboxylic acids is 1. The van der Waals surface area contributed by atoms with Gasteiger partial charge in [0.05, 0.1) is 11.5 Å². The van der Waals surface area contributed by atoms with E-state index in [0.29, 0.717) is 29.5 Å². The van der Waals surface area contributed by atoms with Crippen LogP contribution in [0.3, 0.4) is 0 Å². The second-order valence-corrected chi connectivity index (χ2v) is 5.69. The number of hydrogen-bond acceptors (Lipinski definition) is 4. The van der Waals surface area contributed by atoms with E-state index < -0.39 is 4.92 Å². The van der Waals surface area contributed by atoms with E-state index in [4.69, 9.17) is 16.3 Å². The summed E-state index contributed by atoms with van der Waals surface area (Å²) >= 11 is 5.87. The monoisotopic (exact) mass is 360 g/mol. The SMILES string of the molecule is CN(CCOc1cccc(Cl)c1)C(=O)/C=C/c1cccc([N+](=O)[O-])c1. The molecule has 0 atom stereocenters. The molecule has 25 heavy (non-hydrogen) atoms. The summed E-state index contributed by atoms with van der Waals surface area (Å²) in [6.07, 6.45) is 2.92. The van der Waals surface area contributed by atoms with Crippen LogP contribution in [0, 0.1) is 10.1 Å². The molecule has 130 valence electrons. The van der Waals surface area contributed by atoms with Crippen molar-refractivity contribution in [2.24, 2.45) is 0 Å². The molecule has 2 aromatic carbocycles. The summed E-state index contributed by atoms with van der Waals surface area (Å²) < 4.78 is 5.54. The van der Waals surface area contributed by atoms with Gasteiger partial charge in [-0.1, -0.05) is 29.8 Å². The maximum absolute atomic E-state index is 12.1. The standard InChI is InChI=1S/C18H17ClN2O4/c1-20(10-11-25-17-7-3-5-15(19)13-17)18(22)9-8-14-4-2-6-16(12-14)21(23)24/h2-9,12-13H,10-11H2,1H3/b9-8+. The van der Waals surface area contributed by atoms with E-state index in [1.165, 1.54) is 23.1 Å². The molecule has 0 aliphatic heterocycles. The zero-order valence-electron chi connectivity index (χ0n) is 13.6. The summed E-state index contributed by atoms with van der Waals surface area (Å²) in [6, 6.07) is 13.1. The predicted molar refractivity (Wildman–Crippen MR) is 96.7 cm³/mol. The van der Waals surface area contributed by atoms with Crippen LogP contribution in [0.15, 0.2) is 54.6 Å². The highest BCUT2D eigenvalue weighted by Gasteiger charge is 2.07. The average molecular weight is 361 g/mol. The zero-order chi connectivity index (χ0) is 18.2. The maximum atomic E-state index is 12.1. The molecule has 0 heterocycles. The fraction of sp³-hybridized carbons (Fsp3) is 0.167. The van der Waals surface area contributed by atoms with E-state index in [1.54, 1.807) is 49.5 Å². The zero-order valence-corrected chi connectivity index (χ0v) is 14.3. The van der Waals surface area contributed by atoms with Gasteiger partial charge in [-0.3, -0.25) is 14.9 Å². The largest absolute Gasteiger partial charge is 0.492 e. The molecule has 2 aromatic rings. The molecule has 0 N–H and O–H groups in total. The van der Waals surface area contributed by atoms with Gasteiger partial charge in [0.2, 0.25) is 5.91 Å². The molecule has 7 heteroatoms. The lowest BCUT2D eigenvalue weighted by Gasteiger charge is -2.15. The predicted octanol–water partition coefficient (Wildman–Crippen LogP) is 3.80. The molecule has 0 saturated heterocycles. The Bertz CT molecular complexity index is 792. The first-order valence-electron chi connectivity index (χ1n) is 7.52. The van der Waals surface area contributed by atoms with Crippen molar-refractivity contribution < 1.29 is 14.5 Å². The van der Waals surface area contributed by atoms with Gasteiger partial charge < -0.3 is 9.64 Å². The first kappa shape index (κ1) is 18.5. The fourth-order valence-electron chi connectivity index (χ4n) is 2.00. The molecule has 6 nitrogen and oxygen atoms in total. The lowest BCUT2D eigenvalue weighted by molar-refractivity contribution is -0.384. The number of nitrogens with zero attached hydrogens (tertiary/aromatic N) is 2. The smallest absolute Gasteiger partial charge is 0.270 e. The molecule has 0 spiro atoms. The number of rotatable bonds is 7. The fourth-order valence-corrected chi connectivity index (χ4v) is 2.18. The number of benzene rings is 2. The molecule has 0 bridgehead atoms. The molecule has 0 unspecified atom stereocenters. The van der Waals surface area contributed by atoms with Crippen molar-refractivity contribution in [3.8, 4) is 5.75 Å². The maximum Gasteiger partial charge on any atom is 0.270 e. The lowest BCUT2D eigenvalue weighted by Crippen LogP contribution is -2.29. The van der Waals surface area contributed by atoms with Crippen LogP contribution >= 0.6 is 11.6 Å². The van der Waals surface area contributed by atoms with Crippen LogP contribution in [-0.2, 0) is 4.79 Å². The molecular formula is C18H17ClN2O4. The van der Waals surface area contributed by atoms with Crippen molar-refractivity contribution in [1.82, 2.24) is 4.90 Å². The van der Waals surface area contributed by atoms with Gasteiger partial charge in [0.1, 0.15) is 12.4 Å². The summed E-state index contributed by atoms with van der Waals surface area (Å²) in [5.41, 5.74) is 0.573. The third kappa shape index (κ3) is 5.93. The topological polar surface area (TPSA) is 72.7 Å². The summed E-state index contributed by atoms with van der Waals surface area (Å²) in [5, 5.41) is 11.3. The second kappa shape index (κ2) is 8.84. The van der Waals surface area contributed by atoms with Crippen molar-refractivity contribution in [3.05, 3.63) is 75.3 Å². The van der Waals surface area contributed by atoms with Crippen molar-refractivity contribution in [2.45, 2.75) is 0 Å². The van der Waals surface area contributed by atoms with E-state index in [1.807, 2.05) is 0 Å². The number of amides is 1. The molecule has 0 fully saturated rings. The van der Waals surface area contributed by atoms with Gasteiger partial charge in [-0.05, 0) is 29.8 Å². The van der Waals surface area contributed by atoms with Crippen LogP contribution in [0.4, 0.5) is 5.69 Å². The number of carbonyl (C=O) groups is 1. The first-order chi connectivity index (χ1) is 12.0. The van der Waals surface area contributed by atoms with Crippen LogP contribution in [0.25, 0.3) is 6.08 Å². The normalized spacial score (nSPS) is 10.6. The highest BCUT2D eigenvalue weighted by molar-refractivity contribution is 6.30. The third-order valence-electron chi connectivity index (χ3n) is 3.37. The lowest BCUT2D eigenvalue weighted by atomic mass is 10.2. The molecule has 0 aliphatic carbocycles. The van der Waals surface area contributed by atoms with Gasteiger partial charge in [0.25, 0.3) is 5.69 Å². The Kier molecular flexibility index (Phi) is 6.54. The Balaban J connectivity index is 1.85. The first-order valence-corrected chi connectivity index (χ1v) is 7.89. The van der Waals surface area contributed by atoms with Gasteiger partial charge in [-0.25, -0.2) is 0 Å². The summed E-state index contributed by atoms with van der Waals surface area (Å²) in [7, 11) is 1.65. The Labute approximate surface area is 150 Å². The van der Waals surface area contributed by atoms with Crippen molar-refractivity contribution in [3.63, 3.8) is 0 Å². The summed E-state index contributed by atoms with van der Waals surface area (Å²) in [5.74, 6) is 0.418. The van der Waals surface area contributed by atoms with E-state index in [0.717, 1.165) is 0 Å². The minimum absolute atomic E-state index is 0.0159. The minimum Gasteiger partial charge on any atom is -0.492 e. The molecule has 0 aliphatic rings. The van der Waals surface area contributed by atoms with Crippen LogP contribution in [0.2, 0.25) is 5.02 Å².